The van der Waals surface area contributed by atoms with Gasteiger partial charge in [0, 0.05) is 85.3 Å². The van der Waals surface area contributed by atoms with Crippen LogP contribution in [0.3, 0.4) is 0 Å². The van der Waals surface area contributed by atoms with Gasteiger partial charge in [-0.25, -0.2) is 0 Å². The monoisotopic (exact) mass is 940 g/mol. The van der Waals surface area contributed by atoms with Gasteiger partial charge >= 0.3 is 0 Å². The molecule has 5 nitrogen and oxygen atoms in total. The van der Waals surface area contributed by atoms with Crippen molar-refractivity contribution in [1.82, 2.24) is 9.13 Å². The van der Waals surface area contributed by atoms with Crippen LogP contribution in [0.5, 0.6) is 0 Å². The molecule has 0 aliphatic carbocycles. The number of rotatable bonds is 6. The third kappa shape index (κ3) is 6.49. The van der Waals surface area contributed by atoms with Crippen molar-refractivity contribution in [1.29, 1.82) is 0 Å². The molecule has 12 aromatic rings. The second-order valence-corrected chi connectivity index (χ2v) is 20.7. The van der Waals surface area contributed by atoms with E-state index in [1.54, 1.807) is 0 Å². The molecular formula is C67H54BN5. The molecule has 0 radical (unpaired) electrons. The number of nitrogens with zero attached hydrogens (tertiary/aromatic N) is 5. The molecule has 14 rings (SSSR count). The highest BCUT2D eigenvalue weighted by Crippen LogP contribution is 2.49. The Labute approximate surface area is 428 Å². The maximum absolute atomic E-state index is 9.82. The summed E-state index contributed by atoms with van der Waals surface area (Å²) in [5, 5.41) is 4.94. The number of hydrogen-bond acceptors (Lipinski definition) is 3. The molecule has 0 unspecified atom stereocenters. The zero-order valence-electron chi connectivity index (χ0n) is 43.3. The average molecular weight is 941 g/mol. The Balaban J connectivity index is 1.14. The molecular weight excluding hydrogens is 886 g/mol. The summed E-state index contributed by atoms with van der Waals surface area (Å²) < 4.78 is 14.8. The van der Waals surface area contributed by atoms with Crippen LogP contribution in [0.1, 0.15) is 34.8 Å². The lowest BCUT2D eigenvalue weighted by molar-refractivity contribution is 1.00. The number of benzene rings is 10. The lowest BCUT2D eigenvalue weighted by Gasteiger charge is -2.45. The maximum atomic E-state index is 9.82. The Bertz CT molecular complexity index is 4180. The van der Waals surface area contributed by atoms with E-state index in [4.69, 9.17) is 0 Å². The number of para-hydroxylation sites is 1. The molecule has 0 saturated carbocycles. The first-order valence-corrected chi connectivity index (χ1v) is 25.5. The van der Waals surface area contributed by atoms with Gasteiger partial charge in [0.25, 0.3) is 6.71 Å². The molecule has 10 aromatic carbocycles. The molecule has 6 heteroatoms. The number of aromatic nitrogens is 2. The van der Waals surface area contributed by atoms with Crippen molar-refractivity contribution in [3.8, 4) is 5.69 Å². The fraction of sp³-hybridized carbons (Fsp3) is 0.104. The molecule has 4 heterocycles. The summed E-state index contributed by atoms with van der Waals surface area (Å²) in [5.74, 6) is 0. The Morgan fingerprint density at radius 3 is 1.45 bits per heavy atom. The van der Waals surface area contributed by atoms with Crippen LogP contribution in [0.25, 0.3) is 49.3 Å². The first kappa shape index (κ1) is 42.0. The van der Waals surface area contributed by atoms with Crippen molar-refractivity contribution in [3.63, 3.8) is 0 Å². The van der Waals surface area contributed by atoms with E-state index in [0.29, 0.717) is 6.04 Å². The normalized spacial score (nSPS) is 13.0. The van der Waals surface area contributed by atoms with Crippen molar-refractivity contribution in [2.45, 2.75) is 41.5 Å². The van der Waals surface area contributed by atoms with Crippen LogP contribution in [0, 0.1) is 41.5 Å². The van der Waals surface area contributed by atoms with Gasteiger partial charge in [-0.3, -0.25) is 0 Å². The van der Waals surface area contributed by atoms with Gasteiger partial charge in [0.05, 0.1) is 23.6 Å². The van der Waals surface area contributed by atoms with Gasteiger partial charge in [-0.2, -0.15) is 0 Å². The number of aryl methyl sites for hydroxylation is 7. The summed E-state index contributed by atoms with van der Waals surface area (Å²) in [6.45, 7) is 12.8. The summed E-state index contributed by atoms with van der Waals surface area (Å²) in [4.78, 5) is 7.29. The first-order chi connectivity index (χ1) is 36.0. The van der Waals surface area contributed by atoms with Crippen LogP contribution in [-0.4, -0.2) is 15.8 Å². The SMILES string of the molecule is [2H]c1cc2c3c(c1)N(c1ccc(C)cc1)c1cc(-n4c5ccc(C)cc5c5cc(C)ccc54)c4c(c1B3c1ccc(N(c3ccc(C)cc3)c3ccc(C)cc3)cc1N2c1ccc(C)cc1)c1ccccc1n4C. The van der Waals surface area contributed by atoms with Gasteiger partial charge < -0.3 is 23.8 Å². The van der Waals surface area contributed by atoms with E-state index < -0.39 is 0 Å². The number of hydrogen-bond donors (Lipinski definition) is 0. The fourth-order valence-corrected chi connectivity index (χ4v) is 12.3. The van der Waals surface area contributed by atoms with Gasteiger partial charge in [0.15, 0.2) is 0 Å². The van der Waals surface area contributed by atoms with E-state index in [1.165, 1.54) is 93.4 Å². The predicted octanol–water partition coefficient (Wildman–Crippen LogP) is 15.8. The van der Waals surface area contributed by atoms with E-state index in [-0.39, 0.29) is 6.71 Å². The molecule has 73 heavy (non-hydrogen) atoms. The van der Waals surface area contributed by atoms with Gasteiger partial charge in [0.1, 0.15) is 0 Å². The molecule has 0 N–H and O–H groups in total. The van der Waals surface area contributed by atoms with Crippen LogP contribution < -0.4 is 31.1 Å². The Morgan fingerprint density at radius 2 is 0.890 bits per heavy atom. The second-order valence-electron chi connectivity index (χ2n) is 20.7. The quantitative estimate of drug-likeness (QED) is 0.155. The summed E-state index contributed by atoms with van der Waals surface area (Å²) in [6.07, 6.45) is 0. The summed E-state index contributed by atoms with van der Waals surface area (Å²) in [7, 11) is 2.25. The van der Waals surface area contributed by atoms with Crippen LogP contribution in [0.4, 0.5) is 51.2 Å². The van der Waals surface area contributed by atoms with Crippen molar-refractivity contribution in [2.24, 2.45) is 7.05 Å². The highest BCUT2D eigenvalue weighted by molar-refractivity contribution is 7.02. The van der Waals surface area contributed by atoms with Crippen molar-refractivity contribution < 1.29 is 1.37 Å². The van der Waals surface area contributed by atoms with E-state index >= 15 is 0 Å². The Morgan fingerprint density at radius 1 is 0.397 bits per heavy atom. The highest BCUT2D eigenvalue weighted by Gasteiger charge is 2.45. The molecule has 0 atom stereocenters. The number of anilines is 9. The van der Waals surface area contributed by atoms with E-state index in [1.807, 2.05) is 0 Å². The first-order valence-electron chi connectivity index (χ1n) is 26.0. The fourth-order valence-electron chi connectivity index (χ4n) is 12.3. The second kappa shape index (κ2) is 16.1. The molecule has 0 bridgehead atoms. The molecule has 2 aliphatic rings. The molecule has 0 spiro atoms. The standard InChI is InChI=1S/C67H54BN5/c1-41-15-25-47(26-16-41)70(48-27-17-42(2)18-28-48)51-33-34-55-61(39-51)71(49-29-19-43(3)20-30-49)59-13-10-14-60-65(59)68(55)66-62(72(60)50-31-21-44(4)22-32-50)40-63(67-64(66)52-11-8-9-12-56(52)69(67)7)73-57-35-23-45(5)37-53(57)54-38-46(6)24-36-58(54)73/h8-40H,1-7H3/i10D. The molecule has 0 fully saturated rings. The van der Waals surface area contributed by atoms with E-state index in [0.717, 1.165) is 56.9 Å². The van der Waals surface area contributed by atoms with E-state index in [2.05, 4.69) is 267 Å². The van der Waals surface area contributed by atoms with Crippen molar-refractivity contribution >= 4 is 118 Å². The summed E-state index contributed by atoms with van der Waals surface area (Å²) in [6, 6.07) is 72.6. The zero-order chi connectivity index (χ0) is 50.3. The maximum Gasteiger partial charge on any atom is 0.253 e. The molecule has 0 amide bonds. The summed E-state index contributed by atoms with van der Waals surface area (Å²) >= 11 is 0. The van der Waals surface area contributed by atoms with Crippen LogP contribution >= 0.6 is 0 Å². The Hall–Kier alpha value is -8.74. The minimum absolute atomic E-state index is 0.207. The van der Waals surface area contributed by atoms with Crippen LogP contribution in [0.15, 0.2) is 200 Å². The lowest BCUT2D eigenvalue weighted by atomic mass is 9.33. The smallest absolute Gasteiger partial charge is 0.253 e. The van der Waals surface area contributed by atoms with Gasteiger partial charge in [-0.05, 0) is 167 Å². The minimum Gasteiger partial charge on any atom is -0.342 e. The van der Waals surface area contributed by atoms with Crippen molar-refractivity contribution in [2.75, 3.05) is 14.7 Å². The molecule has 2 aromatic heterocycles. The lowest BCUT2D eigenvalue weighted by Crippen LogP contribution is -2.61. The largest absolute Gasteiger partial charge is 0.342 e. The summed E-state index contributed by atoms with van der Waals surface area (Å²) in [5.41, 5.74) is 26.3. The highest BCUT2D eigenvalue weighted by atomic mass is 15.2. The Kier molecular flexibility index (Phi) is 9.29. The van der Waals surface area contributed by atoms with Gasteiger partial charge in [-0.15, -0.1) is 0 Å². The predicted molar refractivity (Wildman–Crippen MR) is 312 cm³/mol. The van der Waals surface area contributed by atoms with Crippen molar-refractivity contribution in [3.05, 3.63) is 234 Å². The van der Waals surface area contributed by atoms with E-state index in [9.17, 15) is 1.37 Å². The average Bonchev–Trinajstić information content (AvgIpc) is 4.06. The number of fused-ring (bicyclic) bond motifs is 11. The zero-order valence-corrected chi connectivity index (χ0v) is 42.3. The third-order valence-corrected chi connectivity index (χ3v) is 15.8. The molecule has 350 valence electrons. The van der Waals surface area contributed by atoms with Gasteiger partial charge in [0.2, 0.25) is 0 Å². The topological polar surface area (TPSA) is 19.6 Å². The molecule has 0 saturated heterocycles. The third-order valence-electron chi connectivity index (χ3n) is 15.8. The van der Waals surface area contributed by atoms with Crippen LogP contribution in [0.2, 0.25) is 0 Å². The van der Waals surface area contributed by atoms with Crippen LogP contribution in [-0.2, 0) is 7.05 Å². The molecule has 2 aliphatic heterocycles. The minimum atomic E-state index is -0.207. The van der Waals surface area contributed by atoms with Gasteiger partial charge in [-0.1, -0.05) is 124 Å².